The molecular weight excluding hydrogens is 410 g/mol. The summed E-state index contributed by atoms with van der Waals surface area (Å²) in [5, 5.41) is 11.1. The van der Waals surface area contributed by atoms with Gasteiger partial charge in [0.1, 0.15) is 23.6 Å². The Kier molecular flexibility index (Phi) is 4.89. The van der Waals surface area contributed by atoms with Crippen molar-refractivity contribution in [3.05, 3.63) is 52.8 Å². The predicted octanol–water partition coefficient (Wildman–Crippen LogP) is 4.09. The Morgan fingerprint density at radius 1 is 1.30 bits per heavy atom. The monoisotopic (exact) mass is 427 g/mol. The number of rotatable bonds is 0. The standard InChI is InChI=1S/C19H18BrN5O2/c1-12-4-3-9-27-16-10-13(20)7-8-14(16)19(26)23-17-6-2-5-15(22-17)18-24-21-11-25(12)18/h2,5-8,10-12H,3-4,9H2,1H3,(H,22,23,26)/t12-/m0/s1. The van der Waals surface area contributed by atoms with Crippen LogP contribution in [-0.4, -0.2) is 32.3 Å². The van der Waals surface area contributed by atoms with E-state index in [-0.39, 0.29) is 11.9 Å². The maximum Gasteiger partial charge on any atom is 0.260 e. The van der Waals surface area contributed by atoms with Gasteiger partial charge in [0, 0.05) is 10.5 Å². The number of aromatic nitrogens is 4. The molecule has 3 heterocycles. The quantitative estimate of drug-likeness (QED) is 0.584. The lowest BCUT2D eigenvalue weighted by atomic mass is 10.1. The van der Waals surface area contributed by atoms with E-state index < -0.39 is 0 Å². The molecule has 1 N–H and O–H groups in total. The van der Waals surface area contributed by atoms with Crippen molar-refractivity contribution in [1.82, 2.24) is 19.7 Å². The van der Waals surface area contributed by atoms with Crippen LogP contribution >= 0.6 is 15.9 Å². The van der Waals surface area contributed by atoms with E-state index in [0.717, 1.165) is 17.3 Å². The summed E-state index contributed by atoms with van der Waals surface area (Å²) in [6.07, 6.45) is 3.44. The average Bonchev–Trinajstić information content (AvgIpc) is 3.14. The van der Waals surface area contributed by atoms with Gasteiger partial charge < -0.3 is 14.6 Å². The Morgan fingerprint density at radius 3 is 3.07 bits per heavy atom. The Labute approximate surface area is 164 Å². The molecule has 3 aromatic rings. The minimum Gasteiger partial charge on any atom is -0.493 e. The van der Waals surface area contributed by atoms with Crippen LogP contribution in [0.1, 0.15) is 36.2 Å². The highest BCUT2D eigenvalue weighted by atomic mass is 79.9. The normalized spacial score (nSPS) is 17.1. The fraction of sp³-hybridized carbons (Fsp3) is 0.263. The van der Waals surface area contributed by atoms with Crippen LogP contribution in [-0.2, 0) is 0 Å². The fourth-order valence-corrected chi connectivity index (χ4v) is 3.40. The number of anilines is 1. The van der Waals surface area contributed by atoms with Crippen LogP contribution < -0.4 is 10.1 Å². The van der Waals surface area contributed by atoms with Crippen molar-refractivity contribution in [2.24, 2.45) is 0 Å². The Hall–Kier alpha value is -2.74. The summed E-state index contributed by atoms with van der Waals surface area (Å²) in [5.41, 5.74) is 1.14. The van der Waals surface area contributed by atoms with Gasteiger partial charge in [0.15, 0.2) is 5.82 Å². The molecule has 1 amide bonds. The molecule has 8 heteroatoms. The number of fused-ring (bicyclic) bond motifs is 5. The number of halogens is 1. The lowest BCUT2D eigenvalue weighted by Gasteiger charge is -2.17. The fourth-order valence-electron chi connectivity index (χ4n) is 3.06. The maximum absolute atomic E-state index is 12.8. The molecule has 138 valence electrons. The summed E-state index contributed by atoms with van der Waals surface area (Å²) in [7, 11) is 0. The van der Waals surface area contributed by atoms with Crippen molar-refractivity contribution in [1.29, 1.82) is 0 Å². The topological polar surface area (TPSA) is 81.9 Å². The number of hydrogen-bond donors (Lipinski definition) is 1. The van der Waals surface area contributed by atoms with Gasteiger partial charge in [0.05, 0.1) is 12.2 Å². The smallest absolute Gasteiger partial charge is 0.260 e. The summed E-state index contributed by atoms with van der Waals surface area (Å²) >= 11 is 3.44. The summed E-state index contributed by atoms with van der Waals surface area (Å²) in [6.45, 7) is 2.64. The molecule has 0 unspecified atom stereocenters. The molecule has 2 aromatic heterocycles. The van der Waals surface area contributed by atoms with Crippen LogP contribution in [0.3, 0.4) is 0 Å². The minimum absolute atomic E-state index is 0.198. The molecule has 0 fully saturated rings. The number of pyridine rings is 1. The van der Waals surface area contributed by atoms with E-state index in [9.17, 15) is 4.79 Å². The highest BCUT2D eigenvalue weighted by molar-refractivity contribution is 9.10. The first-order chi connectivity index (χ1) is 13.1. The zero-order chi connectivity index (χ0) is 18.8. The summed E-state index contributed by atoms with van der Waals surface area (Å²) < 4.78 is 8.77. The molecule has 1 aliphatic rings. The zero-order valence-corrected chi connectivity index (χ0v) is 16.3. The first kappa shape index (κ1) is 17.7. The summed E-state index contributed by atoms with van der Waals surface area (Å²) in [6, 6.07) is 11.0. The molecule has 1 aromatic carbocycles. The van der Waals surface area contributed by atoms with Crippen molar-refractivity contribution < 1.29 is 9.53 Å². The first-order valence-electron chi connectivity index (χ1n) is 8.72. The third kappa shape index (κ3) is 3.71. The number of hydrogen-bond acceptors (Lipinski definition) is 5. The maximum atomic E-state index is 12.8. The van der Waals surface area contributed by atoms with E-state index in [0.29, 0.717) is 35.3 Å². The van der Waals surface area contributed by atoms with Crippen LogP contribution in [0.15, 0.2) is 47.2 Å². The van der Waals surface area contributed by atoms with E-state index in [1.54, 1.807) is 18.5 Å². The Bertz CT molecular complexity index is 988. The molecule has 27 heavy (non-hydrogen) atoms. The highest BCUT2D eigenvalue weighted by Gasteiger charge is 2.18. The molecule has 1 atom stereocenters. The number of benzene rings is 1. The zero-order valence-electron chi connectivity index (χ0n) is 14.7. The number of nitrogens with one attached hydrogen (secondary N) is 1. The number of carbonyl (C=O) groups is 1. The lowest BCUT2D eigenvalue weighted by Crippen LogP contribution is -2.16. The molecule has 0 aliphatic carbocycles. The SMILES string of the molecule is C[C@H]1CCCOc2cc(Br)ccc2C(=O)Nc2cccc(n2)-c2nncn21. The van der Waals surface area contributed by atoms with Gasteiger partial charge in [-0.2, -0.15) is 0 Å². The van der Waals surface area contributed by atoms with Gasteiger partial charge in [0.2, 0.25) is 0 Å². The molecular formula is C19H18BrN5O2. The average molecular weight is 428 g/mol. The summed E-state index contributed by atoms with van der Waals surface area (Å²) in [5.74, 6) is 1.41. The van der Waals surface area contributed by atoms with E-state index in [2.05, 4.69) is 43.4 Å². The molecule has 4 rings (SSSR count). The second kappa shape index (κ2) is 7.48. The third-order valence-electron chi connectivity index (χ3n) is 4.48. The molecule has 0 radical (unpaired) electrons. The van der Waals surface area contributed by atoms with Gasteiger partial charge in [-0.1, -0.05) is 22.0 Å². The van der Waals surface area contributed by atoms with Gasteiger partial charge in [-0.25, -0.2) is 4.98 Å². The number of carbonyl (C=O) groups excluding carboxylic acids is 1. The molecule has 7 nitrogen and oxygen atoms in total. The predicted molar refractivity (Wildman–Crippen MR) is 105 cm³/mol. The molecule has 0 saturated heterocycles. The number of ether oxygens (including phenoxy) is 1. The van der Waals surface area contributed by atoms with Crippen LogP contribution in [0.2, 0.25) is 0 Å². The van der Waals surface area contributed by atoms with Crippen LogP contribution in [0, 0.1) is 0 Å². The van der Waals surface area contributed by atoms with Gasteiger partial charge in [-0.15, -0.1) is 10.2 Å². The van der Waals surface area contributed by atoms with Gasteiger partial charge >= 0.3 is 0 Å². The van der Waals surface area contributed by atoms with Gasteiger partial charge in [-0.05, 0) is 50.1 Å². The molecule has 0 spiro atoms. The summed E-state index contributed by atoms with van der Waals surface area (Å²) in [4.78, 5) is 17.3. The number of nitrogens with zero attached hydrogens (tertiary/aromatic N) is 4. The van der Waals surface area contributed by atoms with Crippen molar-refractivity contribution in [3.63, 3.8) is 0 Å². The van der Waals surface area contributed by atoms with E-state index >= 15 is 0 Å². The van der Waals surface area contributed by atoms with Crippen molar-refractivity contribution >= 4 is 27.7 Å². The van der Waals surface area contributed by atoms with Gasteiger partial charge in [-0.3, -0.25) is 4.79 Å². The molecule has 2 bridgehead atoms. The highest BCUT2D eigenvalue weighted by Crippen LogP contribution is 2.27. The van der Waals surface area contributed by atoms with Crippen LogP contribution in [0.25, 0.3) is 11.5 Å². The Morgan fingerprint density at radius 2 is 2.19 bits per heavy atom. The second-order valence-electron chi connectivity index (χ2n) is 6.40. The van der Waals surface area contributed by atoms with Crippen molar-refractivity contribution in [2.45, 2.75) is 25.8 Å². The van der Waals surface area contributed by atoms with Crippen molar-refractivity contribution in [2.75, 3.05) is 11.9 Å². The van der Waals surface area contributed by atoms with Crippen LogP contribution in [0.5, 0.6) is 5.75 Å². The van der Waals surface area contributed by atoms with Crippen molar-refractivity contribution in [3.8, 4) is 17.3 Å². The number of amides is 1. The lowest BCUT2D eigenvalue weighted by molar-refractivity contribution is 0.102. The van der Waals surface area contributed by atoms with E-state index in [4.69, 9.17) is 4.74 Å². The van der Waals surface area contributed by atoms with Crippen LogP contribution in [0.4, 0.5) is 5.82 Å². The second-order valence-corrected chi connectivity index (χ2v) is 7.32. The largest absolute Gasteiger partial charge is 0.493 e. The van der Waals surface area contributed by atoms with Gasteiger partial charge in [0.25, 0.3) is 5.91 Å². The minimum atomic E-state index is -0.269. The Balaban J connectivity index is 1.76. The third-order valence-corrected chi connectivity index (χ3v) is 4.97. The molecule has 0 saturated carbocycles. The first-order valence-corrected chi connectivity index (χ1v) is 9.52. The molecule has 1 aliphatic heterocycles. The van der Waals surface area contributed by atoms with E-state index in [1.807, 2.05) is 28.8 Å². The van der Waals surface area contributed by atoms with E-state index in [1.165, 1.54) is 0 Å².